The van der Waals surface area contributed by atoms with E-state index in [1.165, 1.54) is 88.3 Å². The number of hydrogen-bond acceptors (Lipinski definition) is 0. The molecule has 0 aliphatic rings. The maximum Gasteiger partial charge on any atom is 0.0792 e. The van der Waals surface area contributed by atoms with Crippen molar-refractivity contribution < 1.29 is 28.5 Å². The second-order valence-electron chi connectivity index (χ2n) is 6.31. The van der Waals surface area contributed by atoms with Gasteiger partial charge in [0, 0.05) is 11.8 Å². The van der Waals surface area contributed by atoms with E-state index in [-0.39, 0.29) is 24.0 Å². The molecule has 0 heterocycles. The van der Waals surface area contributed by atoms with Gasteiger partial charge in [-0.3, -0.25) is 0 Å². The van der Waals surface area contributed by atoms with Gasteiger partial charge in [0.25, 0.3) is 0 Å². The van der Waals surface area contributed by atoms with Crippen LogP contribution in [0.15, 0.2) is 0 Å². The zero-order chi connectivity index (χ0) is 14.4. The Hall–Kier alpha value is 1.17. The van der Waals surface area contributed by atoms with Crippen molar-refractivity contribution in [2.24, 2.45) is 0 Å². The van der Waals surface area contributed by atoms with Crippen LogP contribution in [-0.4, -0.2) is 36.5 Å². The van der Waals surface area contributed by atoms with Gasteiger partial charge in [0.15, 0.2) is 0 Å². The van der Waals surface area contributed by atoms with Gasteiger partial charge in [-0.05, 0) is 25.7 Å². The molecule has 0 radical (unpaired) electrons. The molecule has 0 rings (SSSR count). The average Bonchev–Trinajstić information content (AvgIpc) is 2.41. The monoisotopic (exact) mass is 461 g/mol. The Labute approximate surface area is 154 Å². The molecule has 0 spiro atoms. The molecule has 0 bridgehead atoms. The minimum atomic E-state index is 0. The standard InChI is InChI=1S/C17H37BrN.HI/c1-4-6-8-10-12-16-19(3,17-13-14-18)15-11-9-7-5-2;/h4-17H2,1-3H3;1H/q+1;/p-1. The Morgan fingerprint density at radius 2 is 1.05 bits per heavy atom. The minimum absolute atomic E-state index is 0. The molecule has 3 heteroatoms. The molecule has 0 aromatic rings. The molecule has 0 amide bonds. The van der Waals surface area contributed by atoms with E-state index in [2.05, 4.69) is 36.8 Å². The van der Waals surface area contributed by atoms with E-state index in [9.17, 15) is 0 Å². The van der Waals surface area contributed by atoms with E-state index in [0.29, 0.717) is 0 Å². The maximum absolute atomic E-state index is 3.59. The van der Waals surface area contributed by atoms with Crippen molar-refractivity contribution in [3.63, 3.8) is 0 Å². The van der Waals surface area contributed by atoms with Crippen molar-refractivity contribution >= 4 is 15.9 Å². The molecule has 0 aromatic carbocycles. The van der Waals surface area contributed by atoms with Crippen LogP contribution in [0.4, 0.5) is 0 Å². The molecule has 0 aliphatic carbocycles. The second kappa shape index (κ2) is 16.5. The fraction of sp³-hybridized carbons (Fsp3) is 1.00. The molecule has 0 saturated carbocycles. The first kappa shape index (κ1) is 23.4. The highest BCUT2D eigenvalue weighted by Gasteiger charge is 2.19. The third-order valence-corrected chi connectivity index (χ3v) is 4.75. The van der Waals surface area contributed by atoms with E-state index in [0.717, 1.165) is 5.33 Å². The Morgan fingerprint density at radius 1 is 0.650 bits per heavy atom. The minimum Gasteiger partial charge on any atom is -1.00 e. The van der Waals surface area contributed by atoms with Crippen LogP contribution >= 0.6 is 15.9 Å². The summed E-state index contributed by atoms with van der Waals surface area (Å²) >= 11 is 3.59. The zero-order valence-corrected chi connectivity index (χ0v) is 17.8. The summed E-state index contributed by atoms with van der Waals surface area (Å²) in [6, 6.07) is 0. The Kier molecular flexibility index (Phi) is 19.4. The lowest BCUT2D eigenvalue weighted by molar-refractivity contribution is -0.910. The van der Waals surface area contributed by atoms with E-state index in [1.807, 2.05) is 0 Å². The number of unbranched alkanes of at least 4 members (excludes halogenated alkanes) is 7. The molecule has 0 fully saturated rings. The van der Waals surface area contributed by atoms with Crippen molar-refractivity contribution in [2.75, 3.05) is 32.0 Å². The summed E-state index contributed by atoms with van der Waals surface area (Å²) in [5.74, 6) is 0. The molecular formula is C17H37BrIN. The molecule has 0 aromatic heterocycles. The van der Waals surface area contributed by atoms with Crippen molar-refractivity contribution in [1.82, 2.24) is 0 Å². The highest BCUT2D eigenvalue weighted by Crippen LogP contribution is 2.13. The number of nitrogens with zero attached hydrogens (tertiary/aromatic N) is 1. The molecule has 124 valence electrons. The normalized spacial score (nSPS) is 13.8. The van der Waals surface area contributed by atoms with Crippen molar-refractivity contribution in [3.8, 4) is 0 Å². The topological polar surface area (TPSA) is 0 Å². The Balaban J connectivity index is 0. The maximum atomic E-state index is 3.59. The number of hydrogen-bond donors (Lipinski definition) is 0. The largest absolute Gasteiger partial charge is 1.00 e. The predicted molar refractivity (Wildman–Crippen MR) is 92.1 cm³/mol. The number of alkyl halides is 1. The van der Waals surface area contributed by atoms with Crippen LogP contribution in [0.25, 0.3) is 0 Å². The lowest BCUT2D eigenvalue weighted by Crippen LogP contribution is -3.00. The third kappa shape index (κ3) is 14.1. The van der Waals surface area contributed by atoms with Crippen molar-refractivity contribution in [3.05, 3.63) is 0 Å². The van der Waals surface area contributed by atoms with E-state index < -0.39 is 0 Å². The summed E-state index contributed by atoms with van der Waals surface area (Å²) in [5, 5.41) is 1.16. The first-order chi connectivity index (χ1) is 9.18. The summed E-state index contributed by atoms with van der Waals surface area (Å²) < 4.78 is 1.31. The van der Waals surface area contributed by atoms with Gasteiger partial charge in [0.05, 0.1) is 26.7 Å². The van der Waals surface area contributed by atoms with Crippen LogP contribution in [0.5, 0.6) is 0 Å². The number of halogens is 2. The van der Waals surface area contributed by atoms with Gasteiger partial charge in [0.1, 0.15) is 0 Å². The summed E-state index contributed by atoms with van der Waals surface area (Å²) in [4.78, 5) is 0. The predicted octanol–water partition coefficient (Wildman–Crippen LogP) is 2.77. The van der Waals surface area contributed by atoms with E-state index in [1.54, 1.807) is 0 Å². The summed E-state index contributed by atoms with van der Waals surface area (Å²) in [6.45, 7) is 8.73. The summed E-state index contributed by atoms with van der Waals surface area (Å²) in [6.07, 6.45) is 14.0. The molecule has 0 N–H and O–H groups in total. The third-order valence-electron chi connectivity index (χ3n) is 4.18. The van der Waals surface area contributed by atoms with E-state index in [4.69, 9.17) is 0 Å². The van der Waals surface area contributed by atoms with Gasteiger partial charge in [-0.1, -0.05) is 61.9 Å². The van der Waals surface area contributed by atoms with Gasteiger partial charge < -0.3 is 28.5 Å². The molecular weight excluding hydrogens is 425 g/mol. The molecule has 20 heavy (non-hydrogen) atoms. The van der Waals surface area contributed by atoms with Crippen LogP contribution in [0, 0.1) is 0 Å². The van der Waals surface area contributed by atoms with Crippen molar-refractivity contribution in [1.29, 1.82) is 0 Å². The highest BCUT2D eigenvalue weighted by atomic mass is 127. The van der Waals surface area contributed by atoms with Crippen LogP contribution in [-0.2, 0) is 0 Å². The fourth-order valence-electron chi connectivity index (χ4n) is 2.79. The Morgan fingerprint density at radius 3 is 1.50 bits per heavy atom. The lowest BCUT2D eigenvalue weighted by atomic mass is 10.1. The lowest BCUT2D eigenvalue weighted by Gasteiger charge is -2.35. The SMILES string of the molecule is CCCCCCC[N+](C)(CCCBr)CCCCCC.[I-]. The van der Waals surface area contributed by atoms with Crippen LogP contribution < -0.4 is 24.0 Å². The van der Waals surface area contributed by atoms with Gasteiger partial charge in [-0.15, -0.1) is 0 Å². The molecule has 1 atom stereocenters. The number of rotatable bonds is 14. The number of quaternary nitrogens is 1. The first-order valence-electron chi connectivity index (χ1n) is 8.58. The van der Waals surface area contributed by atoms with Crippen molar-refractivity contribution in [2.45, 2.75) is 78.1 Å². The summed E-state index contributed by atoms with van der Waals surface area (Å²) in [7, 11) is 2.48. The summed E-state index contributed by atoms with van der Waals surface area (Å²) in [5.41, 5.74) is 0. The smallest absolute Gasteiger partial charge is 0.0792 e. The fourth-order valence-corrected chi connectivity index (χ4v) is 3.05. The quantitative estimate of drug-likeness (QED) is 0.161. The van der Waals surface area contributed by atoms with Crippen LogP contribution in [0.3, 0.4) is 0 Å². The molecule has 0 aliphatic heterocycles. The first-order valence-corrected chi connectivity index (χ1v) is 9.70. The second-order valence-corrected chi connectivity index (χ2v) is 7.10. The zero-order valence-electron chi connectivity index (χ0n) is 14.1. The van der Waals surface area contributed by atoms with Crippen LogP contribution in [0.2, 0.25) is 0 Å². The van der Waals surface area contributed by atoms with Gasteiger partial charge in [-0.2, -0.15) is 0 Å². The Bertz CT molecular complexity index is 190. The molecule has 0 saturated heterocycles. The van der Waals surface area contributed by atoms with Gasteiger partial charge in [0.2, 0.25) is 0 Å². The average molecular weight is 462 g/mol. The molecule has 1 unspecified atom stereocenters. The van der Waals surface area contributed by atoms with Gasteiger partial charge in [-0.25, -0.2) is 0 Å². The van der Waals surface area contributed by atoms with E-state index >= 15 is 0 Å². The highest BCUT2D eigenvalue weighted by molar-refractivity contribution is 9.09. The van der Waals surface area contributed by atoms with Gasteiger partial charge >= 0.3 is 0 Å². The molecule has 1 nitrogen and oxygen atoms in total. The van der Waals surface area contributed by atoms with Crippen LogP contribution in [0.1, 0.15) is 78.1 Å².